The van der Waals surface area contributed by atoms with E-state index in [-0.39, 0.29) is 22.8 Å². The molecule has 0 bridgehead atoms. The minimum Gasteiger partial charge on any atom is -0.495 e. The van der Waals surface area contributed by atoms with Crippen molar-refractivity contribution in [3.8, 4) is 5.75 Å². The summed E-state index contributed by atoms with van der Waals surface area (Å²) in [4.78, 5) is 31.0. The summed E-state index contributed by atoms with van der Waals surface area (Å²) in [7, 11) is -0.430. The van der Waals surface area contributed by atoms with E-state index in [2.05, 4.69) is 54.8 Å². The van der Waals surface area contributed by atoms with Gasteiger partial charge in [0.1, 0.15) is 5.75 Å². The summed E-state index contributed by atoms with van der Waals surface area (Å²) in [5.41, 5.74) is 0.801. The number of halogens is 2. The number of hydrogen-bond donors (Lipinski definition) is 0. The van der Waals surface area contributed by atoms with Crippen LogP contribution in [0.25, 0.3) is 11.2 Å². The Bertz CT molecular complexity index is 1320. The van der Waals surface area contributed by atoms with Crippen LogP contribution in [0.5, 0.6) is 5.75 Å². The Labute approximate surface area is 213 Å². The SMILES string of the molecule is CCn1c(=O)c2c(nc(Br)n2Cc2ccc(OC)c(Cl)c2)n(CCO[Si](C)(C)C(C)(C)C)c1=O. The number of fused-ring (bicyclic) bond motifs is 1. The number of benzene rings is 1. The van der Waals surface area contributed by atoms with Crippen molar-refractivity contribution in [3.63, 3.8) is 0 Å². The van der Waals surface area contributed by atoms with Gasteiger partial charge < -0.3 is 13.7 Å². The van der Waals surface area contributed by atoms with Gasteiger partial charge in [-0.3, -0.25) is 13.9 Å². The van der Waals surface area contributed by atoms with Crippen LogP contribution in [0.2, 0.25) is 23.2 Å². The third-order valence-electron chi connectivity index (χ3n) is 6.52. The predicted octanol–water partition coefficient (Wildman–Crippen LogP) is 4.87. The third-order valence-corrected chi connectivity index (χ3v) is 12.0. The summed E-state index contributed by atoms with van der Waals surface area (Å²) in [5, 5.41) is 0.533. The van der Waals surface area contributed by atoms with Crippen molar-refractivity contribution in [2.24, 2.45) is 0 Å². The van der Waals surface area contributed by atoms with Gasteiger partial charge in [-0.25, -0.2) is 9.78 Å². The second kappa shape index (κ2) is 10.0. The zero-order chi connectivity index (χ0) is 25.4. The molecule has 0 aliphatic heterocycles. The lowest BCUT2D eigenvalue weighted by Gasteiger charge is -2.36. The molecule has 3 rings (SSSR count). The van der Waals surface area contributed by atoms with Crippen LogP contribution in [-0.2, 0) is 24.1 Å². The Morgan fingerprint density at radius 3 is 2.38 bits per heavy atom. The van der Waals surface area contributed by atoms with E-state index in [4.69, 9.17) is 20.8 Å². The molecule has 1 aromatic carbocycles. The molecule has 3 aromatic rings. The molecule has 0 atom stereocenters. The Kier molecular flexibility index (Phi) is 7.86. The van der Waals surface area contributed by atoms with Gasteiger partial charge >= 0.3 is 5.69 Å². The Hall–Kier alpha value is -1.88. The number of imidazole rings is 1. The Morgan fingerprint density at radius 2 is 1.82 bits per heavy atom. The van der Waals surface area contributed by atoms with E-state index in [1.54, 1.807) is 30.7 Å². The van der Waals surface area contributed by atoms with Crippen LogP contribution in [0.4, 0.5) is 0 Å². The number of aromatic nitrogens is 4. The molecule has 0 radical (unpaired) electrons. The predicted molar refractivity (Wildman–Crippen MR) is 142 cm³/mol. The smallest absolute Gasteiger partial charge is 0.332 e. The topological polar surface area (TPSA) is 80.3 Å². The molecular formula is C23H32BrClN4O4Si. The first-order valence-corrected chi connectivity index (χ1v) is 15.3. The van der Waals surface area contributed by atoms with Gasteiger partial charge in [0.2, 0.25) is 0 Å². The molecule has 0 unspecified atom stereocenters. The van der Waals surface area contributed by atoms with E-state index in [0.29, 0.717) is 46.4 Å². The highest BCUT2D eigenvalue weighted by Gasteiger charge is 2.37. The van der Waals surface area contributed by atoms with E-state index in [1.165, 1.54) is 9.13 Å². The number of rotatable bonds is 8. The lowest BCUT2D eigenvalue weighted by atomic mass is 10.2. The maximum absolute atomic E-state index is 13.3. The number of ether oxygens (including phenoxy) is 1. The van der Waals surface area contributed by atoms with E-state index >= 15 is 0 Å². The van der Waals surface area contributed by atoms with E-state index in [0.717, 1.165) is 5.56 Å². The zero-order valence-electron chi connectivity index (χ0n) is 20.7. The minimum absolute atomic E-state index is 0.0553. The van der Waals surface area contributed by atoms with Crippen molar-refractivity contribution in [3.05, 3.63) is 54.4 Å². The molecular weight excluding hydrogens is 540 g/mol. The molecule has 0 fully saturated rings. The first kappa shape index (κ1) is 26.7. The van der Waals surface area contributed by atoms with Gasteiger partial charge in [-0.05, 0) is 58.7 Å². The third kappa shape index (κ3) is 5.05. The lowest BCUT2D eigenvalue weighted by Crippen LogP contribution is -2.43. The molecule has 0 N–H and O–H groups in total. The normalized spacial score (nSPS) is 12.5. The van der Waals surface area contributed by atoms with E-state index in [1.807, 2.05) is 6.07 Å². The van der Waals surface area contributed by atoms with Crippen molar-refractivity contribution < 1.29 is 9.16 Å². The molecule has 34 heavy (non-hydrogen) atoms. The van der Waals surface area contributed by atoms with Crippen molar-refractivity contribution >= 4 is 47.0 Å². The summed E-state index contributed by atoms with van der Waals surface area (Å²) in [5.74, 6) is 0.573. The molecule has 186 valence electrons. The van der Waals surface area contributed by atoms with Crippen molar-refractivity contribution in [2.45, 2.75) is 65.5 Å². The highest BCUT2D eigenvalue weighted by atomic mass is 79.9. The molecule has 0 saturated carbocycles. The van der Waals surface area contributed by atoms with Crippen LogP contribution < -0.4 is 16.0 Å². The summed E-state index contributed by atoms with van der Waals surface area (Å²) in [6.45, 7) is 13.9. The van der Waals surface area contributed by atoms with Crippen molar-refractivity contribution in [1.29, 1.82) is 0 Å². The molecule has 0 saturated heterocycles. The maximum Gasteiger partial charge on any atom is 0.332 e. The lowest BCUT2D eigenvalue weighted by molar-refractivity contribution is 0.270. The number of nitrogens with zero attached hydrogens (tertiary/aromatic N) is 4. The van der Waals surface area contributed by atoms with Gasteiger partial charge in [0.05, 0.1) is 31.8 Å². The molecule has 0 amide bonds. The summed E-state index contributed by atoms with van der Waals surface area (Å²) < 4.78 is 16.5. The number of hydrogen-bond acceptors (Lipinski definition) is 5. The van der Waals surface area contributed by atoms with Crippen molar-refractivity contribution in [1.82, 2.24) is 18.7 Å². The summed E-state index contributed by atoms with van der Waals surface area (Å²) in [6, 6.07) is 5.45. The van der Waals surface area contributed by atoms with Gasteiger partial charge in [0.25, 0.3) is 5.56 Å². The van der Waals surface area contributed by atoms with E-state index < -0.39 is 8.32 Å². The molecule has 0 aliphatic rings. The largest absolute Gasteiger partial charge is 0.495 e. The molecule has 2 aromatic heterocycles. The van der Waals surface area contributed by atoms with Gasteiger partial charge in [-0.15, -0.1) is 0 Å². The average Bonchev–Trinajstić information content (AvgIpc) is 3.06. The highest BCUT2D eigenvalue weighted by Crippen LogP contribution is 2.36. The summed E-state index contributed by atoms with van der Waals surface area (Å²) in [6.07, 6.45) is 0. The van der Waals surface area contributed by atoms with Crippen LogP contribution >= 0.6 is 27.5 Å². The van der Waals surface area contributed by atoms with Crippen LogP contribution in [0.3, 0.4) is 0 Å². The molecule has 2 heterocycles. The van der Waals surface area contributed by atoms with Crippen LogP contribution in [0.15, 0.2) is 32.5 Å². The van der Waals surface area contributed by atoms with Gasteiger partial charge in [-0.1, -0.05) is 38.4 Å². The second-order valence-corrected chi connectivity index (χ2v) is 15.6. The van der Waals surface area contributed by atoms with Gasteiger partial charge in [-0.2, -0.15) is 0 Å². The quantitative estimate of drug-likeness (QED) is 0.285. The van der Waals surface area contributed by atoms with E-state index in [9.17, 15) is 9.59 Å². The maximum atomic E-state index is 13.3. The monoisotopic (exact) mass is 570 g/mol. The average molecular weight is 572 g/mol. The molecule has 0 spiro atoms. The van der Waals surface area contributed by atoms with Crippen molar-refractivity contribution in [2.75, 3.05) is 13.7 Å². The first-order chi connectivity index (χ1) is 15.8. The Balaban J connectivity index is 2.07. The van der Waals surface area contributed by atoms with Crippen LogP contribution in [0, 0.1) is 0 Å². The fourth-order valence-corrected chi connectivity index (χ4v) is 5.27. The van der Waals surface area contributed by atoms with Crippen LogP contribution in [0.1, 0.15) is 33.3 Å². The van der Waals surface area contributed by atoms with Crippen LogP contribution in [-0.4, -0.2) is 40.7 Å². The molecule has 0 aliphatic carbocycles. The zero-order valence-corrected chi connectivity index (χ0v) is 24.1. The fraction of sp³-hybridized carbons (Fsp3) is 0.522. The standard InChI is InChI=1S/C23H32BrClN4O4Si/c1-8-27-20(30)18-19(28(22(27)31)11-12-33-34(6,7)23(2,3)4)26-21(24)29(18)14-15-9-10-17(32-5)16(25)13-15/h9-10,13H,8,11-12,14H2,1-7H3. The Morgan fingerprint density at radius 1 is 1.15 bits per heavy atom. The minimum atomic E-state index is -1.99. The van der Waals surface area contributed by atoms with Gasteiger partial charge in [0.15, 0.2) is 24.2 Å². The first-order valence-electron chi connectivity index (χ1n) is 11.2. The summed E-state index contributed by atoms with van der Waals surface area (Å²) >= 11 is 9.78. The fourth-order valence-electron chi connectivity index (χ4n) is 3.49. The second-order valence-electron chi connectivity index (χ2n) is 9.70. The number of methoxy groups -OCH3 is 1. The highest BCUT2D eigenvalue weighted by molar-refractivity contribution is 9.10. The van der Waals surface area contributed by atoms with Gasteiger partial charge in [0, 0.05) is 6.54 Å². The molecule has 11 heteroatoms. The molecule has 8 nitrogen and oxygen atoms in total.